The molecule has 0 bridgehead atoms. The summed E-state index contributed by atoms with van der Waals surface area (Å²) in [6.07, 6.45) is 3.27. The molecule has 0 fully saturated rings. The lowest BCUT2D eigenvalue weighted by Crippen LogP contribution is -2.38. The second-order valence-electron chi connectivity index (χ2n) is 4.67. The Morgan fingerprint density at radius 3 is 2.42 bits per heavy atom. The normalized spacial score (nSPS) is 13.8. The fourth-order valence-electron chi connectivity index (χ4n) is 1.95. The molecule has 0 aromatic rings. The number of ether oxygens (including phenoxy) is 1. The highest BCUT2D eigenvalue weighted by atomic mass is 16.5. The molecule has 112 valence electrons. The Labute approximate surface area is 115 Å². The summed E-state index contributed by atoms with van der Waals surface area (Å²) in [7, 11) is 0. The summed E-state index contributed by atoms with van der Waals surface area (Å²) >= 11 is 0. The van der Waals surface area contributed by atoms with Crippen LogP contribution in [0.5, 0.6) is 0 Å². The van der Waals surface area contributed by atoms with E-state index in [-0.39, 0.29) is 24.8 Å². The SMILES string of the molecule is CCCCC(CC)C(=O)NCC(CC(=O)O)OCC. The minimum atomic E-state index is -0.911. The van der Waals surface area contributed by atoms with Gasteiger partial charge in [-0.3, -0.25) is 9.59 Å². The van der Waals surface area contributed by atoms with E-state index in [0.29, 0.717) is 6.61 Å². The molecule has 2 N–H and O–H groups in total. The van der Waals surface area contributed by atoms with Crippen LogP contribution in [0.1, 0.15) is 52.9 Å². The van der Waals surface area contributed by atoms with Gasteiger partial charge in [0.15, 0.2) is 0 Å². The van der Waals surface area contributed by atoms with Gasteiger partial charge in [-0.15, -0.1) is 0 Å². The monoisotopic (exact) mass is 273 g/mol. The second kappa shape index (κ2) is 10.8. The van der Waals surface area contributed by atoms with Crippen molar-refractivity contribution in [3.63, 3.8) is 0 Å². The van der Waals surface area contributed by atoms with Crippen LogP contribution in [-0.4, -0.2) is 36.2 Å². The topological polar surface area (TPSA) is 75.6 Å². The summed E-state index contributed by atoms with van der Waals surface area (Å²) in [6.45, 7) is 6.62. The van der Waals surface area contributed by atoms with E-state index in [9.17, 15) is 9.59 Å². The lowest BCUT2D eigenvalue weighted by atomic mass is 9.98. The largest absolute Gasteiger partial charge is 0.481 e. The van der Waals surface area contributed by atoms with Gasteiger partial charge in [0.2, 0.25) is 5.91 Å². The van der Waals surface area contributed by atoms with Gasteiger partial charge in [0.1, 0.15) is 0 Å². The van der Waals surface area contributed by atoms with Crippen molar-refractivity contribution in [3.05, 3.63) is 0 Å². The summed E-state index contributed by atoms with van der Waals surface area (Å²) < 4.78 is 5.30. The van der Waals surface area contributed by atoms with Crippen molar-refractivity contribution < 1.29 is 19.4 Å². The zero-order valence-corrected chi connectivity index (χ0v) is 12.3. The Morgan fingerprint density at radius 2 is 1.95 bits per heavy atom. The first-order valence-electron chi connectivity index (χ1n) is 7.16. The minimum Gasteiger partial charge on any atom is -0.481 e. The van der Waals surface area contributed by atoms with Crippen LogP contribution in [0.3, 0.4) is 0 Å². The molecule has 0 rings (SSSR count). The average molecular weight is 273 g/mol. The van der Waals surface area contributed by atoms with Gasteiger partial charge in [-0.25, -0.2) is 0 Å². The Balaban J connectivity index is 4.16. The van der Waals surface area contributed by atoms with Crippen molar-refractivity contribution in [1.29, 1.82) is 0 Å². The number of nitrogens with one attached hydrogen (secondary N) is 1. The number of amides is 1. The van der Waals surface area contributed by atoms with Gasteiger partial charge < -0.3 is 15.2 Å². The maximum Gasteiger partial charge on any atom is 0.306 e. The summed E-state index contributed by atoms with van der Waals surface area (Å²) in [5.41, 5.74) is 0. The third-order valence-corrected chi connectivity index (χ3v) is 3.08. The van der Waals surface area contributed by atoms with Gasteiger partial charge in [0, 0.05) is 19.1 Å². The van der Waals surface area contributed by atoms with Crippen molar-refractivity contribution in [2.24, 2.45) is 5.92 Å². The Hall–Kier alpha value is -1.10. The molecule has 19 heavy (non-hydrogen) atoms. The fraction of sp³-hybridized carbons (Fsp3) is 0.857. The number of aliphatic carboxylic acids is 1. The number of hydrogen-bond acceptors (Lipinski definition) is 3. The van der Waals surface area contributed by atoms with Crippen molar-refractivity contribution >= 4 is 11.9 Å². The first-order valence-corrected chi connectivity index (χ1v) is 7.16. The molecule has 0 saturated carbocycles. The van der Waals surface area contributed by atoms with Crippen LogP contribution in [0.15, 0.2) is 0 Å². The van der Waals surface area contributed by atoms with Gasteiger partial charge in [0.25, 0.3) is 0 Å². The molecule has 5 heteroatoms. The third-order valence-electron chi connectivity index (χ3n) is 3.08. The molecule has 1 amide bonds. The van der Waals surface area contributed by atoms with Crippen molar-refractivity contribution in [3.8, 4) is 0 Å². The Kier molecular flexibility index (Phi) is 10.2. The molecule has 0 radical (unpaired) electrons. The molecule has 0 aliphatic heterocycles. The van der Waals surface area contributed by atoms with Crippen LogP contribution in [0.2, 0.25) is 0 Å². The van der Waals surface area contributed by atoms with E-state index in [2.05, 4.69) is 12.2 Å². The van der Waals surface area contributed by atoms with Crippen molar-refractivity contribution in [2.45, 2.75) is 59.0 Å². The fourth-order valence-corrected chi connectivity index (χ4v) is 1.95. The maximum atomic E-state index is 12.0. The third kappa shape index (κ3) is 8.59. The molecule has 2 unspecified atom stereocenters. The summed E-state index contributed by atoms with van der Waals surface area (Å²) in [5.74, 6) is -0.885. The number of carbonyl (C=O) groups is 2. The van der Waals surface area contributed by atoms with E-state index in [1.807, 2.05) is 13.8 Å². The molecular formula is C14H27NO4. The molecule has 2 atom stereocenters. The predicted octanol–water partition coefficient (Wildman–Crippen LogP) is 2.20. The highest BCUT2D eigenvalue weighted by Crippen LogP contribution is 2.12. The van der Waals surface area contributed by atoms with Crippen molar-refractivity contribution in [1.82, 2.24) is 5.32 Å². The lowest BCUT2D eigenvalue weighted by molar-refractivity contribution is -0.140. The molecule has 0 aromatic carbocycles. The minimum absolute atomic E-state index is 0.00559. The number of carboxylic acid groups (broad SMARTS) is 1. The van der Waals surface area contributed by atoms with Gasteiger partial charge in [-0.2, -0.15) is 0 Å². The molecule has 5 nitrogen and oxygen atoms in total. The number of unbranched alkanes of at least 4 members (excludes halogenated alkanes) is 1. The van der Waals surface area contributed by atoms with Crippen LogP contribution >= 0.6 is 0 Å². The van der Waals surface area contributed by atoms with E-state index in [1.54, 1.807) is 0 Å². The van der Waals surface area contributed by atoms with Crippen LogP contribution in [0.25, 0.3) is 0 Å². The molecule has 0 saturated heterocycles. The molecule has 0 aromatic heterocycles. The van der Waals surface area contributed by atoms with Crippen LogP contribution < -0.4 is 5.32 Å². The number of hydrogen-bond donors (Lipinski definition) is 2. The maximum absolute atomic E-state index is 12.0. The first-order chi connectivity index (χ1) is 9.04. The summed E-state index contributed by atoms with van der Waals surface area (Å²) in [4.78, 5) is 22.6. The number of rotatable bonds is 11. The van der Waals surface area contributed by atoms with E-state index < -0.39 is 12.1 Å². The second-order valence-corrected chi connectivity index (χ2v) is 4.67. The quantitative estimate of drug-likeness (QED) is 0.605. The van der Waals surface area contributed by atoms with E-state index >= 15 is 0 Å². The van der Waals surface area contributed by atoms with Crippen LogP contribution in [0, 0.1) is 5.92 Å². The Morgan fingerprint density at radius 1 is 1.26 bits per heavy atom. The molecule has 0 aliphatic rings. The zero-order valence-electron chi connectivity index (χ0n) is 12.3. The highest BCUT2D eigenvalue weighted by Gasteiger charge is 2.19. The summed E-state index contributed by atoms with van der Waals surface area (Å²) in [5, 5.41) is 11.6. The van der Waals surface area contributed by atoms with Gasteiger partial charge >= 0.3 is 5.97 Å². The van der Waals surface area contributed by atoms with Crippen LogP contribution in [0.4, 0.5) is 0 Å². The van der Waals surface area contributed by atoms with Gasteiger partial charge in [0.05, 0.1) is 12.5 Å². The smallest absolute Gasteiger partial charge is 0.306 e. The highest BCUT2D eigenvalue weighted by molar-refractivity contribution is 5.78. The van der Waals surface area contributed by atoms with E-state index in [1.165, 1.54) is 0 Å². The van der Waals surface area contributed by atoms with Crippen molar-refractivity contribution in [2.75, 3.05) is 13.2 Å². The Bertz CT molecular complexity index is 268. The average Bonchev–Trinajstić information content (AvgIpc) is 2.36. The van der Waals surface area contributed by atoms with E-state index in [0.717, 1.165) is 25.7 Å². The standard InChI is InChI=1S/C14H27NO4/c1-4-7-8-11(5-2)14(18)15-10-12(19-6-3)9-13(16)17/h11-12H,4-10H2,1-3H3,(H,15,18)(H,16,17). The predicted molar refractivity (Wildman–Crippen MR) is 74.0 cm³/mol. The molecule has 0 heterocycles. The molecular weight excluding hydrogens is 246 g/mol. The molecule has 0 spiro atoms. The first kappa shape index (κ1) is 17.9. The number of carboxylic acids is 1. The lowest BCUT2D eigenvalue weighted by Gasteiger charge is -2.19. The van der Waals surface area contributed by atoms with Gasteiger partial charge in [-0.05, 0) is 19.8 Å². The van der Waals surface area contributed by atoms with E-state index in [4.69, 9.17) is 9.84 Å². The number of carbonyl (C=O) groups excluding carboxylic acids is 1. The zero-order chi connectivity index (χ0) is 14.7. The summed E-state index contributed by atoms with van der Waals surface area (Å²) in [6, 6.07) is 0. The molecule has 0 aliphatic carbocycles. The van der Waals surface area contributed by atoms with Gasteiger partial charge in [-0.1, -0.05) is 26.7 Å². The van der Waals surface area contributed by atoms with Crippen LogP contribution in [-0.2, 0) is 14.3 Å².